The van der Waals surface area contributed by atoms with E-state index >= 15 is 0 Å². The van der Waals surface area contributed by atoms with E-state index in [4.69, 9.17) is 0 Å². The smallest absolute Gasteiger partial charge is 0.251 e. The highest BCUT2D eigenvalue weighted by molar-refractivity contribution is 7.99. The summed E-state index contributed by atoms with van der Waals surface area (Å²) in [5.41, 5.74) is 1.68. The molecule has 2 fully saturated rings. The molecule has 0 unspecified atom stereocenters. The first-order chi connectivity index (χ1) is 17.8. The van der Waals surface area contributed by atoms with Gasteiger partial charge in [-0.25, -0.2) is 0 Å². The minimum atomic E-state index is -0.281. The summed E-state index contributed by atoms with van der Waals surface area (Å²) in [6, 6.07) is 8.09. The van der Waals surface area contributed by atoms with Crippen LogP contribution in [-0.2, 0) is 11.8 Å². The molecule has 2 aliphatic carbocycles. The summed E-state index contributed by atoms with van der Waals surface area (Å²) >= 11 is 1.46. The molecule has 1 N–H and O–H groups in total. The predicted octanol–water partition coefficient (Wildman–Crippen LogP) is 5.84. The van der Waals surface area contributed by atoms with Crippen molar-refractivity contribution < 1.29 is 9.59 Å². The number of carbonyl (C=O) groups is 2. The zero-order chi connectivity index (χ0) is 26.4. The van der Waals surface area contributed by atoms with Gasteiger partial charge in [0.15, 0.2) is 11.0 Å². The standard InChI is InChI=1S/C29H43N5O2S/c1-20(2)26(30-28(36)22-13-11-12-21(3)18-22)27-31-32-29(33(27)4)37-19-25(35)34(23-14-7-5-8-15-23)24-16-9-6-10-17-24/h11-13,18,20,23-24,26H,5-10,14-17,19H2,1-4H3,(H,30,36)/t26-/m0/s1. The lowest BCUT2D eigenvalue weighted by molar-refractivity contribution is -0.135. The topological polar surface area (TPSA) is 80.1 Å². The molecule has 37 heavy (non-hydrogen) atoms. The molecular formula is C29H43N5O2S. The summed E-state index contributed by atoms with van der Waals surface area (Å²) in [5.74, 6) is 1.33. The number of thioether (sulfide) groups is 1. The third-order valence-corrected chi connectivity index (χ3v) is 8.93. The Morgan fingerprint density at radius 2 is 1.65 bits per heavy atom. The lowest BCUT2D eigenvalue weighted by atomic mass is 9.88. The molecule has 0 spiro atoms. The number of amides is 2. The van der Waals surface area contributed by atoms with Crippen LogP contribution in [0.4, 0.5) is 0 Å². The van der Waals surface area contributed by atoms with Crippen LogP contribution in [-0.4, -0.2) is 49.3 Å². The number of aryl methyl sites for hydroxylation is 1. The van der Waals surface area contributed by atoms with E-state index in [1.165, 1.54) is 50.3 Å². The summed E-state index contributed by atoms with van der Waals surface area (Å²) < 4.78 is 1.94. The summed E-state index contributed by atoms with van der Waals surface area (Å²) in [7, 11) is 1.93. The number of benzene rings is 1. The maximum Gasteiger partial charge on any atom is 0.251 e. The monoisotopic (exact) mass is 525 g/mol. The molecular weight excluding hydrogens is 482 g/mol. The molecule has 0 aliphatic heterocycles. The molecule has 0 saturated heterocycles. The fourth-order valence-corrected chi connectivity index (χ4v) is 6.67. The van der Waals surface area contributed by atoms with Crippen LogP contribution < -0.4 is 5.32 Å². The highest BCUT2D eigenvalue weighted by atomic mass is 32.2. The Morgan fingerprint density at radius 1 is 1.03 bits per heavy atom. The Hall–Kier alpha value is -2.35. The number of nitrogens with one attached hydrogen (secondary N) is 1. The van der Waals surface area contributed by atoms with Crippen molar-refractivity contribution in [2.75, 3.05) is 5.75 Å². The van der Waals surface area contributed by atoms with E-state index in [1.807, 2.05) is 42.8 Å². The quantitative estimate of drug-likeness (QED) is 0.416. The van der Waals surface area contributed by atoms with Gasteiger partial charge in [0, 0.05) is 24.7 Å². The zero-order valence-electron chi connectivity index (χ0n) is 22.9. The van der Waals surface area contributed by atoms with Gasteiger partial charge in [-0.05, 0) is 50.7 Å². The van der Waals surface area contributed by atoms with Gasteiger partial charge in [-0.3, -0.25) is 9.59 Å². The Kier molecular flexibility index (Phi) is 9.68. The van der Waals surface area contributed by atoms with Gasteiger partial charge in [0.2, 0.25) is 5.91 Å². The van der Waals surface area contributed by atoms with Gasteiger partial charge < -0.3 is 14.8 Å². The molecule has 2 saturated carbocycles. The molecule has 202 valence electrons. The Labute approximate surface area is 226 Å². The van der Waals surface area contributed by atoms with E-state index in [2.05, 4.69) is 34.3 Å². The second-order valence-corrected chi connectivity index (χ2v) is 12.1. The second-order valence-electron chi connectivity index (χ2n) is 11.1. The van der Waals surface area contributed by atoms with Crippen molar-refractivity contribution in [2.24, 2.45) is 13.0 Å². The largest absolute Gasteiger partial charge is 0.342 e. The molecule has 0 radical (unpaired) electrons. The maximum absolute atomic E-state index is 13.6. The third-order valence-electron chi connectivity index (χ3n) is 7.93. The van der Waals surface area contributed by atoms with Gasteiger partial charge in [-0.15, -0.1) is 10.2 Å². The van der Waals surface area contributed by atoms with Crippen LogP contribution in [0, 0.1) is 12.8 Å². The van der Waals surface area contributed by atoms with Crippen molar-refractivity contribution in [2.45, 2.75) is 108 Å². The summed E-state index contributed by atoms with van der Waals surface area (Å²) in [5, 5.41) is 12.7. The fourth-order valence-electron chi connectivity index (χ4n) is 5.89. The minimum Gasteiger partial charge on any atom is -0.342 e. The van der Waals surface area contributed by atoms with Crippen molar-refractivity contribution in [1.82, 2.24) is 25.0 Å². The van der Waals surface area contributed by atoms with E-state index in [1.54, 1.807) is 0 Å². The van der Waals surface area contributed by atoms with Gasteiger partial charge in [-0.2, -0.15) is 0 Å². The van der Waals surface area contributed by atoms with Crippen molar-refractivity contribution >= 4 is 23.6 Å². The van der Waals surface area contributed by atoms with Gasteiger partial charge in [0.1, 0.15) is 0 Å². The Bertz CT molecular complexity index is 1040. The first-order valence-corrected chi connectivity index (χ1v) is 15.0. The first-order valence-electron chi connectivity index (χ1n) is 14.1. The zero-order valence-corrected chi connectivity index (χ0v) is 23.7. The first kappa shape index (κ1) is 27.7. The minimum absolute atomic E-state index is 0.120. The number of carbonyl (C=O) groups excluding carboxylic acids is 2. The van der Waals surface area contributed by atoms with Gasteiger partial charge in [-0.1, -0.05) is 81.8 Å². The van der Waals surface area contributed by atoms with Crippen molar-refractivity contribution in [3.05, 3.63) is 41.2 Å². The fraction of sp³-hybridized carbons (Fsp3) is 0.655. The molecule has 1 aromatic carbocycles. The van der Waals surface area contributed by atoms with Crippen LogP contribution in [0.5, 0.6) is 0 Å². The molecule has 1 aromatic heterocycles. The normalized spacial score (nSPS) is 18.1. The lowest BCUT2D eigenvalue weighted by Gasteiger charge is -2.41. The van der Waals surface area contributed by atoms with Gasteiger partial charge in [0.25, 0.3) is 5.91 Å². The number of hydrogen-bond donors (Lipinski definition) is 1. The lowest BCUT2D eigenvalue weighted by Crippen LogP contribution is -2.49. The van der Waals surface area contributed by atoms with Crippen LogP contribution in [0.3, 0.4) is 0 Å². The average Bonchev–Trinajstić information content (AvgIpc) is 3.26. The van der Waals surface area contributed by atoms with Crippen LogP contribution in [0.1, 0.15) is 106 Å². The summed E-state index contributed by atoms with van der Waals surface area (Å²) in [4.78, 5) is 28.8. The van der Waals surface area contributed by atoms with Gasteiger partial charge in [0.05, 0.1) is 11.8 Å². The maximum atomic E-state index is 13.6. The molecule has 4 rings (SSSR count). The molecule has 8 heteroatoms. The van der Waals surface area contributed by atoms with E-state index in [0.717, 1.165) is 31.2 Å². The summed E-state index contributed by atoms with van der Waals surface area (Å²) in [6.45, 7) is 6.12. The second kappa shape index (κ2) is 12.9. The number of rotatable bonds is 9. The molecule has 1 atom stereocenters. The summed E-state index contributed by atoms with van der Waals surface area (Å²) in [6.07, 6.45) is 12.0. The number of hydrogen-bond acceptors (Lipinski definition) is 5. The van der Waals surface area contributed by atoms with Crippen molar-refractivity contribution in [3.63, 3.8) is 0 Å². The van der Waals surface area contributed by atoms with Crippen molar-refractivity contribution in [3.8, 4) is 0 Å². The number of aromatic nitrogens is 3. The van der Waals surface area contributed by atoms with Crippen LogP contribution in [0.15, 0.2) is 29.4 Å². The molecule has 2 amide bonds. The van der Waals surface area contributed by atoms with Gasteiger partial charge >= 0.3 is 0 Å². The van der Waals surface area contributed by atoms with Crippen molar-refractivity contribution in [1.29, 1.82) is 0 Å². The molecule has 2 aliphatic rings. The Morgan fingerprint density at radius 3 is 2.22 bits per heavy atom. The van der Waals surface area contributed by atoms with Crippen LogP contribution in [0.25, 0.3) is 0 Å². The van der Waals surface area contributed by atoms with E-state index in [-0.39, 0.29) is 23.8 Å². The highest BCUT2D eigenvalue weighted by Gasteiger charge is 2.33. The van der Waals surface area contributed by atoms with E-state index in [9.17, 15) is 9.59 Å². The molecule has 0 bridgehead atoms. The van der Waals surface area contributed by atoms with E-state index < -0.39 is 0 Å². The Balaban J connectivity index is 1.44. The third kappa shape index (κ3) is 6.95. The predicted molar refractivity (Wildman–Crippen MR) is 149 cm³/mol. The molecule has 1 heterocycles. The average molecular weight is 526 g/mol. The van der Waals surface area contributed by atoms with E-state index in [0.29, 0.717) is 34.4 Å². The number of nitrogens with zero attached hydrogens (tertiary/aromatic N) is 4. The molecule has 2 aromatic rings. The van der Waals surface area contributed by atoms with Crippen LogP contribution >= 0.6 is 11.8 Å². The van der Waals surface area contributed by atoms with Crippen LogP contribution in [0.2, 0.25) is 0 Å². The highest BCUT2D eigenvalue weighted by Crippen LogP contribution is 2.32. The molecule has 7 nitrogen and oxygen atoms in total. The SMILES string of the molecule is Cc1cccc(C(=O)N[C@H](c2nnc(SCC(=O)N(C3CCCCC3)C3CCCCC3)n2C)C(C)C)c1.